The van der Waals surface area contributed by atoms with E-state index in [1.54, 1.807) is 0 Å². The van der Waals surface area contributed by atoms with Gasteiger partial charge in [-0.15, -0.1) is 0 Å². The lowest BCUT2D eigenvalue weighted by Gasteiger charge is -2.13. The van der Waals surface area contributed by atoms with E-state index in [4.69, 9.17) is 32.7 Å². The fourth-order valence-electron chi connectivity index (χ4n) is 2.57. The Morgan fingerprint density at radius 3 is 2.19 bits per heavy atom. The summed E-state index contributed by atoms with van der Waals surface area (Å²) >= 11 is 11.7. The van der Waals surface area contributed by atoms with Gasteiger partial charge in [-0.2, -0.15) is 0 Å². The van der Waals surface area contributed by atoms with E-state index in [9.17, 15) is 18.8 Å². The Morgan fingerprint density at radius 1 is 1.07 bits per heavy atom. The molecule has 1 aliphatic rings. The molecule has 2 aromatic carbocycles. The van der Waals surface area contributed by atoms with Crippen LogP contribution < -0.4 is 4.74 Å². The zero-order chi connectivity index (χ0) is 19.7. The van der Waals surface area contributed by atoms with Crippen molar-refractivity contribution in [2.24, 2.45) is 0 Å². The van der Waals surface area contributed by atoms with E-state index >= 15 is 0 Å². The third-order valence-corrected chi connectivity index (χ3v) is 4.64. The minimum absolute atomic E-state index is 0.0634. The maximum atomic E-state index is 13.6. The Labute approximate surface area is 163 Å². The zero-order valence-electron chi connectivity index (χ0n) is 13.9. The molecule has 9 heteroatoms. The largest absolute Gasteiger partial charge is 0.494 e. The molecule has 27 heavy (non-hydrogen) atoms. The number of halogens is 3. The fraction of sp³-hybridized carbons (Fsp3) is 0.167. The van der Waals surface area contributed by atoms with Gasteiger partial charge < -0.3 is 9.47 Å². The van der Waals surface area contributed by atoms with Crippen LogP contribution in [-0.2, 0) is 16.1 Å². The number of carbonyl (C=O) groups excluding carboxylic acids is 3. The molecule has 1 aliphatic heterocycles. The predicted octanol–water partition coefficient (Wildman–Crippen LogP) is 3.48. The molecule has 2 aromatic rings. The number of benzene rings is 2. The molecule has 140 valence electrons. The van der Waals surface area contributed by atoms with Crippen molar-refractivity contribution in [3.8, 4) is 5.75 Å². The first-order chi connectivity index (χ1) is 12.8. The van der Waals surface area contributed by atoms with Crippen LogP contribution in [0.15, 0.2) is 30.3 Å². The molecule has 0 atom stereocenters. The van der Waals surface area contributed by atoms with E-state index in [2.05, 4.69) is 0 Å². The number of imide groups is 1. The Kier molecular flexibility index (Phi) is 5.34. The molecule has 0 saturated carbocycles. The summed E-state index contributed by atoms with van der Waals surface area (Å²) in [6.45, 7) is -0.805. The molecule has 0 spiro atoms. The van der Waals surface area contributed by atoms with Crippen LogP contribution in [0.25, 0.3) is 0 Å². The summed E-state index contributed by atoms with van der Waals surface area (Å²) in [5.41, 5.74) is 0.529. The van der Waals surface area contributed by atoms with Gasteiger partial charge in [-0.05, 0) is 29.8 Å². The second kappa shape index (κ2) is 7.54. The number of methoxy groups -OCH3 is 1. The van der Waals surface area contributed by atoms with E-state index in [0.717, 1.165) is 11.0 Å². The molecule has 0 fully saturated rings. The number of carbonyl (C=O) groups is 3. The Balaban J connectivity index is 1.65. The zero-order valence-corrected chi connectivity index (χ0v) is 15.4. The molecular formula is C18H12Cl2FNO5. The molecule has 0 unspecified atom stereocenters. The summed E-state index contributed by atoms with van der Waals surface area (Å²) in [6, 6.07) is 6.66. The van der Waals surface area contributed by atoms with Gasteiger partial charge in [0.05, 0.1) is 28.3 Å². The van der Waals surface area contributed by atoms with Crippen LogP contribution >= 0.6 is 23.2 Å². The standard InChI is InChI=1S/C18H12Cl2FNO5/c1-26-15-3-2-9(4-14(15)21)8-27-16(23)7-22-17(24)10-5-12(19)13(20)6-11(10)18(22)25/h2-6H,7-8H2,1H3. The van der Waals surface area contributed by atoms with Crippen molar-refractivity contribution in [1.82, 2.24) is 4.90 Å². The number of hydrogen-bond donors (Lipinski definition) is 0. The third kappa shape index (κ3) is 3.74. The van der Waals surface area contributed by atoms with Crippen LogP contribution in [0.1, 0.15) is 26.3 Å². The van der Waals surface area contributed by atoms with E-state index in [-0.39, 0.29) is 33.5 Å². The molecule has 1 heterocycles. The Hall–Kier alpha value is -2.64. The summed E-state index contributed by atoms with van der Waals surface area (Å²) in [6.07, 6.45) is 0. The van der Waals surface area contributed by atoms with Crippen LogP contribution in [0.3, 0.4) is 0 Å². The van der Waals surface area contributed by atoms with Crippen molar-refractivity contribution in [2.75, 3.05) is 13.7 Å². The quantitative estimate of drug-likeness (QED) is 0.556. The summed E-state index contributed by atoms with van der Waals surface area (Å²) in [4.78, 5) is 37.4. The van der Waals surface area contributed by atoms with Crippen LogP contribution in [-0.4, -0.2) is 36.3 Å². The van der Waals surface area contributed by atoms with E-state index in [1.807, 2.05) is 0 Å². The van der Waals surface area contributed by atoms with Gasteiger partial charge in [0.25, 0.3) is 11.8 Å². The maximum Gasteiger partial charge on any atom is 0.326 e. The van der Waals surface area contributed by atoms with Crippen molar-refractivity contribution in [2.45, 2.75) is 6.61 Å². The second-order valence-corrected chi connectivity index (χ2v) is 6.45. The SMILES string of the molecule is COc1ccc(COC(=O)CN2C(=O)c3cc(Cl)c(Cl)cc3C2=O)cc1F. The van der Waals surface area contributed by atoms with Crippen molar-refractivity contribution >= 4 is 41.0 Å². The van der Waals surface area contributed by atoms with Gasteiger partial charge in [0.15, 0.2) is 11.6 Å². The lowest BCUT2D eigenvalue weighted by atomic mass is 10.1. The number of esters is 1. The summed E-state index contributed by atoms with van der Waals surface area (Å²) < 4.78 is 23.5. The first-order valence-electron chi connectivity index (χ1n) is 7.65. The highest BCUT2D eigenvalue weighted by Crippen LogP contribution is 2.31. The minimum Gasteiger partial charge on any atom is -0.494 e. The Bertz CT molecular complexity index is 922. The molecule has 0 aromatic heterocycles. The molecule has 0 aliphatic carbocycles. The van der Waals surface area contributed by atoms with Crippen molar-refractivity contribution < 1.29 is 28.2 Å². The second-order valence-electron chi connectivity index (χ2n) is 5.64. The number of rotatable bonds is 5. The highest BCUT2D eigenvalue weighted by atomic mass is 35.5. The summed E-state index contributed by atoms with van der Waals surface area (Å²) in [7, 11) is 1.33. The van der Waals surface area contributed by atoms with Crippen molar-refractivity contribution in [3.63, 3.8) is 0 Å². The average molecular weight is 412 g/mol. The van der Waals surface area contributed by atoms with Crippen molar-refractivity contribution in [1.29, 1.82) is 0 Å². The van der Waals surface area contributed by atoms with E-state index in [0.29, 0.717) is 5.56 Å². The smallest absolute Gasteiger partial charge is 0.326 e. The highest BCUT2D eigenvalue weighted by Gasteiger charge is 2.37. The molecule has 3 rings (SSSR count). The van der Waals surface area contributed by atoms with Gasteiger partial charge in [-0.3, -0.25) is 19.3 Å². The van der Waals surface area contributed by atoms with E-state index < -0.39 is 30.1 Å². The molecular weight excluding hydrogens is 400 g/mol. The average Bonchev–Trinajstić information content (AvgIpc) is 2.85. The first-order valence-corrected chi connectivity index (χ1v) is 8.40. The minimum atomic E-state index is -0.821. The predicted molar refractivity (Wildman–Crippen MR) is 94.6 cm³/mol. The third-order valence-electron chi connectivity index (χ3n) is 3.91. The lowest BCUT2D eigenvalue weighted by molar-refractivity contribution is -0.145. The molecule has 0 N–H and O–H groups in total. The molecule has 0 saturated heterocycles. The number of fused-ring (bicyclic) bond motifs is 1. The van der Waals surface area contributed by atoms with Gasteiger partial charge in [0, 0.05) is 0 Å². The fourth-order valence-corrected chi connectivity index (χ4v) is 2.89. The Morgan fingerprint density at radius 2 is 1.67 bits per heavy atom. The molecule has 0 bridgehead atoms. The summed E-state index contributed by atoms with van der Waals surface area (Å²) in [5, 5.41) is 0.255. The van der Waals surface area contributed by atoms with Gasteiger partial charge in [0.2, 0.25) is 0 Å². The summed E-state index contributed by atoms with van der Waals surface area (Å²) in [5.74, 6) is -2.69. The number of hydrogen-bond acceptors (Lipinski definition) is 5. The molecule has 6 nitrogen and oxygen atoms in total. The van der Waals surface area contributed by atoms with Crippen LogP contribution in [0, 0.1) is 5.82 Å². The highest BCUT2D eigenvalue weighted by molar-refractivity contribution is 6.43. The van der Waals surface area contributed by atoms with Gasteiger partial charge >= 0.3 is 5.97 Å². The number of nitrogens with zero attached hydrogens (tertiary/aromatic N) is 1. The molecule has 2 amide bonds. The topological polar surface area (TPSA) is 72.9 Å². The van der Waals surface area contributed by atoms with Crippen LogP contribution in [0.5, 0.6) is 5.75 Å². The van der Waals surface area contributed by atoms with Gasteiger partial charge in [0.1, 0.15) is 13.2 Å². The van der Waals surface area contributed by atoms with Gasteiger partial charge in [-0.25, -0.2) is 4.39 Å². The lowest BCUT2D eigenvalue weighted by Crippen LogP contribution is -2.35. The monoisotopic (exact) mass is 411 g/mol. The van der Waals surface area contributed by atoms with E-state index in [1.165, 1.54) is 31.4 Å². The molecule has 0 radical (unpaired) electrons. The van der Waals surface area contributed by atoms with Crippen molar-refractivity contribution in [3.05, 3.63) is 62.9 Å². The number of amides is 2. The van der Waals surface area contributed by atoms with Crippen LogP contribution in [0.2, 0.25) is 10.0 Å². The van der Waals surface area contributed by atoms with Crippen LogP contribution in [0.4, 0.5) is 4.39 Å². The maximum absolute atomic E-state index is 13.6. The normalized spacial score (nSPS) is 13.0. The first kappa shape index (κ1) is 19.1. The number of ether oxygens (including phenoxy) is 2. The van der Waals surface area contributed by atoms with Gasteiger partial charge in [-0.1, -0.05) is 29.3 Å².